The highest BCUT2D eigenvalue weighted by molar-refractivity contribution is 5.81. The van der Waals surface area contributed by atoms with E-state index in [-0.39, 0.29) is 5.91 Å². The molecule has 1 heterocycles. The number of carbonyl (C=O) groups is 1. The topological polar surface area (TPSA) is 43.2 Å². The Hall–Kier alpha value is -2.53. The molecule has 0 aliphatic carbocycles. The molecule has 0 spiro atoms. The Balaban J connectivity index is 1.53. The van der Waals surface area contributed by atoms with Gasteiger partial charge < -0.3 is 19.3 Å². The minimum Gasteiger partial charge on any atom is -0.493 e. The molecule has 144 valence electrons. The average molecular weight is 369 g/mol. The molecule has 0 aromatic heterocycles. The Bertz CT molecular complexity index is 755. The van der Waals surface area contributed by atoms with Crippen LogP contribution in [0.1, 0.15) is 18.1 Å². The molecule has 0 radical (unpaired) electrons. The van der Waals surface area contributed by atoms with Gasteiger partial charge in [0, 0.05) is 5.56 Å². The van der Waals surface area contributed by atoms with Gasteiger partial charge in [0.2, 0.25) is 0 Å². The van der Waals surface area contributed by atoms with Crippen LogP contribution in [0.25, 0.3) is 0 Å². The third kappa shape index (κ3) is 5.01. The number of hydrogen-bond donors (Lipinski definition) is 1. The smallest absolute Gasteiger partial charge is 0.263 e. The largest absolute Gasteiger partial charge is 0.493 e. The van der Waals surface area contributed by atoms with Crippen molar-refractivity contribution in [1.82, 2.24) is 4.90 Å². The zero-order chi connectivity index (χ0) is 19.2. The molecule has 1 atom stereocenters. The van der Waals surface area contributed by atoms with Crippen LogP contribution in [0.5, 0.6) is 11.5 Å². The number of quaternary nitrogens is 1. The highest BCUT2D eigenvalue weighted by atomic mass is 16.5. The second-order valence-electron chi connectivity index (χ2n) is 7.15. The maximum absolute atomic E-state index is 12.8. The highest BCUT2D eigenvalue weighted by Crippen LogP contribution is 2.28. The van der Waals surface area contributed by atoms with Crippen molar-refractivity contribution in [1.29, 1.82) is 0 Å². The van der Waals surface area contributed by atoms with Gasteiger partial charge >= 0.3 is 0 Å². The van der Waals surface area contributed by atoms with Gasteiger partial charge in [0.15, 0.2) is 17.6 Å². The summed E-state index contributed by atoms with van der Waals surface area (Å²) in [4.78, 5) is 16.2. The number of methoxy groups -OCH3 is 1. The normalized spacial score (nSPS) is 16.0. The Morgan fingerprint density at radius 2 is 1.81 bits per heavy atom. The number of amides is 1. The van der Waals surface area contributed by atoms with Gasteiger partial charge in [-0.05, 0) is 31.5 Å². The number of nitrogens with zero attached hydrogens (tertiary/aromatic N) is 1. The van der Waals surface area contributed by atoms with Gasteiger partial charge in [-0.1, -0.05) is 36.4 Å². The maximum Gasteiger partial charge on any atom is 0.263 e. The summed E-state index contributed by atoms with van der Waals surface area (Å²) in [7, 11) is 1.61. The standard InChI is InChI=1S/C22H28N2O3/c1-17-9-10-20(21(15-17)26-3)27-18(2)22(25)24-13-11-23(12-14-24)16-19-7-5-4-6-8-19/h4-10,15,18H,11-14,16H2,1-3H3/p+1/t18-/m0/s1. The van der Waals surface area contributed by atoms with Crippen LogP contribution in [-0.2, 0) is 11.3 Å². The van der Waals surface area contributed by atoms with E-state index in [2.05, 4.69) is 24.3 Å². The molecule has 1 N–H and O–H groups in total. The summed E-state index contributed by atoms with van der Waals surface area (Å²) in [5.41, 5.74) is 2.44. The average Bonchev–Trinajstić information content (AvgIpc) is 2.70. The molecule has 2 aromatic carbocycles. The molecule has 5 heteroatoms. The minimum atomic E-state index is -0.530. The number of aryl methyl sites for hydroxylation is 1. The zero-order valence-corrected chi connectivity index (χ0v) is 16.4. The molecule has 0 bridgehead atoms. The first kappa shape index (κ1) is 19.2. The summed E-state index contributed by atoms with van der Waals surface area (Å²) in [5, 5.41) is 0. The molecule has 2 aromatic rings. The SMILES string of the molecule is COc1cc(C)ccc1O[C@@H](C)C(=O)N1CC[NH+](Cc2ccccc2)CC1. The number of ether oxygens (including phenoxy) is 2. The van der Waals surface area contributed by atoms with Gasteiger partial charge in [0.25, 0.3) is 5.91 Å². The van der Waals surface area contributed by atoms with E-state index in [1.165, 1.54) is 10.5 Å². The molecule has 3 rings (SSSR count). The summed E-state index contributed by atoms with van der Waals surface area (Å²) in [5.74, 6) is 1.31. The predicted molar refractivity (Wildman–Crippen MR) is 105 cm³/mol. The van der Waals surface area contributed by atoms with Crippen molar-refractivity contribution in [3.63, 3.8) is 0 Å². The zero-order valence-electron chi connectivity index (χ0n) is 16.4. The maximum atomic E-state index is 12.8. The second-order valence-corrected chi connectivity index (χ2v) is 7.15. The highest BCUT2D eigenvalue weighted by Gasteiger charge is 2.28. The van der Waals surface area contributed by atoms with Gasteiger partial charge in [-0.2, -0.15) is 0 Å². The van der Waals surface area contributed by atoms with Crippen LogP contribution < -0.4 is 14.4 Å². The molecule has 0 saturated carbocycles. The Labute approximate surface area is 161 Å². The van der Waals surface area contributed by atoms with Crippen LogP contribution in [0.15, 0.2) is 48.5 Å². The fourth-order valence-corrected chi connectivity index (χ4v) is 3.47. The van der Waals surface area contributed by atoms with E-state index >= 15 is 0 Å². The summed E-state index contributed by atoms with van der Waals surface area (Å²) in [6.07, 6.45) is -0.530. The van der Waals surface area contributed by atoms with Crippen LogP contribution in [0.2, 0.25) is 0 Å². The van der Waals surface area contributed by atoms with E-state index < -0.39 is 6.10 Å². The van der Waals surface area contributed by atoms with Gasteiger partial charge in [-0.3, -0.25) is 4.79 Å². The molecule has 1 saturated heterocycles. The van der Waals surface area contributed by atoms with E-state index in [9.17, 15) is 4.79 Å². The van der Waals surface area contributed by atoms with Crippen LogP contribution in [0.4, 0.5) is 0 Å². The Morgan fingerprint density at radius 1 is 1.11 bits per heavy atom. The molecule has 1 aliphatic rings. The number of rotatable bonds is 6. The predicted octanol–water partition coefficient (Wildman–Crippen LogP) is 1.70. The Morgan fingerprint density at radius 3 is 2.48 bits per heavy atom. The van der Waals surface area contributed by atoms with E-state index in [1.54, 1.807) is 7.11 Å². The lowest BCUT2D eigenvalue weighted by Crippen LogP contribution is -3.13. The van der Waals surface area contributed by atoms with Crippen molar-refractivity contribution in [2.24, 2.45) is 0 Å². The number of nitrogens with one attached hydrogen (secondary N) is 1. The lowest BCUT2D eigenvalue weighted by Gasteiger charge is -2.33. The molecule has 1 aliphatic heterocycles. The van der Waals surface area contributed by atoms with Gasteiger partial charge in [0.05, 0.1) is 33.3 Å². The fraction of sp³-hybridized carbons (Fsp3) is 0.409. The van der Waals surface area contributed by atoms with Gasteiger partial charge in [-0.25, -0.2) is 0 Å². The molecule has 0 unspecified atom stereocenters. The monoisotopic (exact) mass is 369 g/mol. The molecule has 1 amide bonds. The summed E-state index contributed by atoms with van der Waals surface area (Å²) in [6.45, 7) is 8.26. The summed E-state index contributed by atoms with van der Waals surface area (Å²) in [6, 6.07) is 16.3. The first-order valence-electron chi connectivity index (χ1n) is 9.54. The van der Waals surface area contributed by atoms with Crippen LogP contribution in [-0.4, -0.2) is 50.2 Å². The van der Waals surface area contributed by atoms with Crippen molar-refractivity contribution in [3.8, 4) is 11.5 Å². The molecular formula is C22H29N2O3+. The summed E-state index contributed by atoms with van der Waals surface area (Å²) >= 11 is 0. The van der Waals surface area contributed by atoms with Gasteiger partial charge in [0.1, 0.15) is 6.54 Å². The van der Waals surface area contributed by atoms with E-state index in [1.807, 2.05) is 43.0 Å². The van der Waals surface area contributed by atoms with E-state index in [4.69, 9.17) is 9.47 Å². The van der Waals surface area contributed by atoms with Crippen LogP contribution >= 0.6 is 0 Å². The van der Waals surface area contributed by atoms with E-state index in [0.717, 1.165) is 38.3 Å². The number of benzene rings is 2. The number of carbonyl (C=O) groups excluding carboxylic acids is 1. The summed E-state index contributed by atoms with van der Waals surface area (Å²) < 4.78 is 11.3. The lowest BCUT2D eigenvalue weighted by molar-refractivity contribution is -0.917. The quantitative estimate of drug-likeness (QED) is 0.843. The number of hydrogen-bond acceptors (Lipinski definition) is 3. The van der Waals surface area contributed by atoms with Crippen molar-refractivity contribution in [3.05, 3.63) is 59.7 Å². The van der Waals surface area contributed by atoms with Gasteiger partial charge in [-0.15, -0.1) is 0 Å². The first-order valence-corrected chi connectivity index (χ1v) is 9.54. The van der Waals surface area contributed by atoms with E-state index in [0.29, 0.717) is 11.5 Å². The van der Waals surface area contributed by atoms with Crippen molar-refractivity contribution >= 4 is 5.91 Å². The van der Waals surface area contributed by atoms with Crippen molar-refractivity contribution in [2.75, 3.05) is 33.3 Å². The first-order chi connectivity index (χ1) is 13.1. The molecule has 27 heavy (non-hydrogen) atoms. The fourth-order valence-electron chi connectivity index (χ4n) is 3.47. The van der Waals surface area contributed by atoms with Crippen molar-refractivity contribution < 1.29 is 19.2 Å². The lowest BCUT2D eigenvalue weighted by atomic mass is 10.2. The van der Waals surface area contributed by atoms with Crippen LogP contribution in [0.3, 0.4) is 0 Å². The Kier molecular flexibility index (Phi) is 6.35. The van der Waals surface area contributed by atoms with Crippen molar-refractivity contribution in [2.45, 2.75) is 26.5 Å². The molecular weight excluding hydrogens is 340 g/mol. The number of piperazine rings is 1. The second kappa shape index (κ2) is 8.91. The minimum absolute atomic E-state index is 0.0383. The van der Waals surface area contributed by atoms with Crippen LogP contribution in [0, 0.1) is 6.92 Å². The molecule has 1 fully saturated rings. The third-order valence-corrected chi connectivity index (χ3v) is 5.05. The molecule has 5 nitrogen and oxygen atoms in total. The third-order valence-electron chi connectivity index (χ3n) is 5.05.